The maximum absolute atomic E-state index is 13.0. The van der Waals surface area contributed by atoms with Crippen molar-refractivity contribution in [3.63, 3.8) is 0 Å². The van der Waals surface area contributed by atoms with E-state index in [0.717, 1.165) is 43.0 Å². The monoisotopic (exact) mass is 423 g/mol. The first kappa shape index (κ1) is 22.1. The van der Waals surface area contributed by atoms with Crippen molar-refractivity contribution in [3.05, 3.63) is 28.0 Å². The number of rotatable bonds is 10. The minimum absolute atomic E-state index is 0.0207. The van der Waals surface area contributed by atoms with E-state index < -0.39 is 14.2 Å². The average Bonchev–Trinajstić information content (AvgIpc) is 2.57. The first-order chi connectivity index (χ1) is 12.3. The maximum atomic E-state index is 13.0. The summed E-state index contributed by atoms with van der Waals surface area (Å²) in [6.07, 6.45) is 5.43. The Hall–Kier alpha value is -0.233. The Morgan fingerprint density at radius 1 is 1.15 bits per heavy atom. The topological polar surface area (TPSA) is 22.1 Å². The van der Waals surface area contributed by atoms with E-state index in [-0.39, 0.29) is 24.9 Å². The molecule has 1 aliphatic carbocycles. The maximum Gasteiger partial charge on any atom is 0.248 e. The highest BCUT2D eigenvalue weighted by Gasteiger charge is 2.44. The Morgan fingerprint density at radius 2 is 1.69 bits per heavy atom. The molecule has 0 radical (unpaired) electrons. The molecule has 0 aromatic carbocycles. The fraction of sp³-hybridized carbons (Fsp3) is 0.737. The highest BCUT2D eigenvalue weighted by Crippen LogP contribution is 2.46. The quantitative estimate of drug-likeness (QED) is 0.360. The van der Waals surface area contributed by atoms with Gasteiger partial charge in [-0.2, -0.15) is 0 Å². The normalized spacial score (nSPS) is 18.6. The molecular weight excluding hydrogens is 395 g/mol. The third-order valence-electron chi connectivity index (χ3n) is 5.79. The Morgan fingerprint density at radius 3 is 2.15 bits per heavy atom. The molecule has 0 spiro atoms. The molecule has 1 heterocycles. The van der Waals surface area contributed by atoms with Gasteiger partial charge in [0.2, 0.25) is 5.92 Å². The second kappa shape index (κ2) is 9.31. The molecule has 1 aromatic heterocycles. The second-order valence-electron chi connectivity index (χ2n) is 7.43. The molecule has 1 fully saturated rings. The first-order valence-electron chi connectivity index (χ1n) is 9.60. The molecular formula is C19H29Cl2F2NOSi. The fourth-order valence-electron chi connectivity index (χ4n) is 3.87. The van der Waals surface area contributed by atoms with Crippen LogP contribution in [-0.2, 0) is 4.43 Å². The number of alkyl halides is 2. The highest BCUT2D eigenvalue weighted by atomic mass is 35.5. The van der Waals surface area contributed by atoms with Gasteiger partial charge in [-0.3, -0.25) is 4.98 Å². The van der Waals surface area contributed by atoms with Gasteiger partial charge in [-0.25, -0.2) is 8.78 Å². The Balaban J connectivity index is 2.11. The van der Waals surface area contributed by atoms with E-state index in [0.29, 0.717) is 10.0 Å². The van der Waals surface area contributed by atoms with Gasteiger partial charge in [0.15, 0.2) is 8.32 Å². The van der Waals surface area contributed by atoms with Crippen LogP contribution in [0.5, 0.6) is 0 Å². The van der Waals surface area contributed by atoms with Crippen molar-refractivity contribution < 1.29 is 13.2 Å². The number of aromatic nitrogens is 1. The minimum Gasteiger partial charge on any atom is -0.410 e. The van der Waals surface area contributed by atoms with Crippen molar-refractivity contribution in [1.29, 1.82) is 0 Å². The van der Waals surface area contributed by atoms with E-state index in [1.54, 1.807) is 12.4 Å². The van der Waals surface area contributed by atoms with Gasteiger partial charge in [-0.15, -0.1) is 0 Å². The summed E-state index contributed by atoms with van der Waals surface area (Å²) in [7, 11) is -1.86. The number of nitrogens with zero attached hydrogens (tertiary/aromatic N) is 1. The van der Waals surface area contributed by atoms with E-state index in [1.165, 1.54) is 0 Å². The molecule has 1 aliphatic rings. The van der Waals surface area contributed by atoms with Crippen LogP contribution in [0.2, 0.25) is 28.2 Å². The first-order valence-corrected chi connectivity index (χ1v) is 12.9. The van der Waals surface area contributed by atoms with Gasteiger partial charge < -0.3 is 4.43 Å². The van der Waals surface area contributed by atoms with Crippen LogP contribution in [0, 0.1) is 5.92 Å². The van der Waals surface area contributed by atoms with Gasteiger partial charge in [0, 0.05) is 30.8 Å². The molecule has 7 heteroatoms. The van der Waals surface area contributed by atoms with E-state index in [9.17, 15) is 8.78 Å². The van der Waals surface area contributed by atoms with Crippen molar-refractivity contribution >= 4 is 31.5 Å². The highest BCUT2D eigenvalue weighted by molar-refractivity contribution is 6.73. The summed E-state index contributed by atoms with van der Waals surface area (Å²) in [5.74, 6) is -2.33. The van der Waals surface area contributed by atoms with Gasteiger partial charge in [-0.1, -0.05) is 50.4 Å². The number of hydrogen-bond acceptors (Lipinski definition) is 2. The fourth-order valence-corrected chi connectivity index (χ4v) is 7.32. The minimum atomic E-state index is -2.45. The molecule has 0 bridgehead atoms. The van der Waals surface area contributed by atoms with Crippen LogP contribution in [0.1, 0.15) is 64.5 Å². The molecule has 26 heavy (non-hydrogen) atoms. The van der Waals surface area contributed by atoms with Crippen LogP contribution in [0.3, 0.4) is 0 Å². The Labute approximate surface area is 166 Å². The molecule has 0 amide bonds. The summed E-state index contributed by atoms with van der Waals surface area (Å²) in [6.45, 7) is 6.55. The van der Waals surface area contributed by atoms with Crippen molar-refractivity contribution in [2.24, 2.45) is 5.92 Å². The number of pyridine rings is 1. The van der Waals surface area contributed by atoms with Crippen molar-refractivity contribution in [2.75, 3.05) is 0 Å². The summed E-state index contributed by atoms with van der Waals surface area (Å²) in [4.78, 5) is 4.04. The van der Waals surface area contributed by atoms with Crippen LogP contribution in [0.4, 0.5) is 8.78 Å². The van der Waals surface area contributed by atoms with Crippen LogP contribution < -0.4 is 0 Å². The predicted octanol–water partition coefficient (Wildman–Crippen LogP) is 7.67. The van der Waals surface area contributed by atoms with Gasteiger partial charge in [0.05, 0.1) is 16.1 Å². The zero-order valence-corrected chi connectivity index (χ0v) is 18.3. The third kappa shape index (κ3) is 5.40. The second-order valence-corrected chi connectivity index (χ2v) is 13.0. The number of hydrogen-bond donors (Lipinski definition) is 0. The van der Waals surface area contributed by atoms with Gasteiger partial charge in [-0.05, 0) is 36.9 Å². The molecule has 1 atom stereocenters. The van der Waals surface area contributed by atoms with Crippen LogP contribution >= 0.6 is 23.2 Å². The lowest BCUT2D eigenvalue weighted by molar-refractivity contribution is -0.112. The number of halogens is 4. The standard InChI is InChI=1S/C19H29Cl2F2NOSi/c1-4-26(5-2,6-3)25-17(18-15(20)12-24-13-16(18)21)9-7-8-14-10-19(22,23)11-14/h12-14,17H,4-11H2,1-3H3. The van der Waals surface area contributed by atoms with Gasteiger partial charge >= 0.3 is 0 Å². The van der Waals surface area contributed by atoms with E-state index >= 15 is 0 Å². The molecule has 1 saturated carbocycles. The van der Waals surface area contributed by atoms with Gasteiger partial charge in [0.1, 0.15) is 0 Å². The predicted molar refractivity (Wildman–Crippen MR) is 107 cm³/mol. The van der Waals surface area contributed by atoms with Crippen molar-refractivity contribution in [1.82, 2.24) is 4.98 Å². The molecule has 1 aromatic rings. The molecule has 0 N–H and O–H groups in total. The van der Waals surface area contributed by atoms with Crippen molar-refractivity contribution in [3.8, 4) is 0 Å². The average molecular weight is 424 g/mol. The van der Waals surface area contributed by atoms with E-state index in [2.05, 4.69) is 25.8 Å². The molecule has 1 unspecified atom stereocenters. The summed E-state index contributed by atoms with van der Waals surface area (Å²) in [6, 6.07) is 3.10. The molecule has 0 aliphatic heterocycles. The third-order valence-corrected chi connectivity index (χ3v) is 11.0. The molecule has 2 rings (SSSR count). The SMILES string of the molecule is CC[Si](CC)(CC)OC(CCCC1CC(F)(F)C1)c1c(Cl)cncc1Cl. The molecule has 0 saturated heterocycles. The summed E-state index contributed by atoms with van der Waals surface area (Å²) < 4.78 is 32.8. The van der Waals surface area contributed by atoms with Crippen LogP contribution in [-0.4, -0.2) is 19.2 Å². The summed E-state index contributed by atoms with van der Waals surface area (Å²) >= 11 is 12.8. The Bertz CT molecular complexity index is 562. The van der Waals surface area contributed by atoms with E-state index in [4.69, 9.17) is 27.6 Å². The van der Waals surface area contributed by atoms with Gasteiger partial charge in [0.25, 0.3) is 0 Å². The molecule has 2 nitrogen and oxygen atoms in total. The lowest BCUT2D eigenvalue weighted by Crippen LogP contribution is -2.37. The van der Waals surface area contributed by atoms with Crippen LogP contribution in [0.25, 0.3) is 0 Å². The molecule has 148 valence electrons. The summed E-state index contributed by atoms with van der Waals surface area (Å²) in [5, 5.41) is 1.03. The largest absolute Gasteiger partial charge is 0.410 e. The smallest absolute Gasteiger partial charge is 0.248 e. The zero-order chi connectivity index (χ0) is 19.4. The van der Waals surface area contributed by atoms with Crippen LogP contribution in [0.15, 0.2) is 12.4 Å². The summed E-state index contributed by atoms with van der Waals surface area (Å²) in [5.41, 5.74) is 0.800. The Kier molecular flexibility index (Phi) is 7.90. The lowest BCUT2D eigenvalue weighted by Gasteiger charge is -2.36. The zero-order valence-electron chi connectivity index (χ0n) is 15.8. The van der Waals surface area contributed by atoms with E-state index in [1.807, 2.05) is 0 Å². The van der Waals surface area contributed by atoms with Crippen molar-refractivity contribution in [2.45, 2.75) is 83.0 Å². The lowest BCUT2D eigenvalue weighted by atomic mass is 9.78.